The van der Waals surface area contributed by atoms with E-state index in [-0.39, 0.29) is 18.4 Å². The number of benzene rings is 2. The molecule has 0 fully saturated rings. The Morgan fingerprint density at radius 1 is 1.24 bits per heavy atom. The number of hydrogen-bond donors (Lipinski definition) is 0. The third kappa shape index (κ3) is 4.31. The van der Waals surface area contributed by atoms with Gasteiger partial charge in [-0.3, -0.25) is 14.5 Å². The molecule has 1 aromatic heterocycles. The molecule has 7 nitrogen and oxygen atoms in total. The fourth-order valence-corrected chi connectivity index (χ4v) is 5.28. The minimum absolute atomic E-state index is 0.0343. The van der Waals surface area contributed by atoms with E-state index in [2.05, 4.69) is 6.07 Å². The molecule has 2 aliphatic heterocycles. The van der Waals surface area contributed by atoms with E-state index in [0.29, 0.717) is 24.6 Å². The van der Waals surface area contributed by atoms with Crippen LogP contribution < -0.4 is 14.5 Å². The first-order valence-corrected chi connectivity index (χ1v) is 12.4. The fourth-order valence-electron chi connectivity index (χ4n) is 4.49. The molecular formula is C26H27N3O4S. The number of aryl methyl sites for hydroxylation is 1. The van der Waals surface area contributed by atoms with Crippen molar-refractivity contribution in [3.8, 4) is 17.0 Å². The average molecular weight is 478 g/mol. The number of carbonyl (C=O) groups is 2. The summed E-state index contributed by atoms with van der Waals surface area (Å²) in [6.07, 6.45) is 1.97. The smallest absolute Gasteiger partial charge is 0.268 e. The van der Waals surface area contributed by atoms with E-state index in [1.807, 2.05) is 41.8 Å². The summed E-state index contributed by atoms with van der Waals surface area (Å²) < 4.78 is 11.0. The summed E-state index contributed by atoms with van der Waals surface area (Å²) in [7, 11) is 1.67. The van der Waals surface area contributed by atoms with Crippen LogP contribution in [0, 0.1) is 0 Å². The number of fused-ring (bicyclic) bond motifs is 2. The van der Waals surface area contributed by atoms with Gasteiger partial charge in [0.25, 0.3) is 5.91 Å². The summed E-state index contributed by atoms with van der Waals surface area (Å²) in [5.41, 5.74) is 4.42. The fraction of sp³-hybridized carbons (Fsp3) is 0.346. The molecule has 1 unspecified atom stereocenters. The van der Waals surface area contributed by atoms with Gasteiger partial charge in [0.2, 0.25) is 5.91 Å². The number of aromatic nitrogens is 1. The van der Waals surface area contributed by atoms with Gasteiger partial charge in [0.1, 0.15) is 12.3 Å². The van der Waals surface area contributed by atoms with Crippen LogP contribution in [0.2, 0.25) is 0 Å². The number of nitrogens with zero attached hydrogens (tertiary/aromatic N) is 3. The third-order valence-corrected chi connectivity index (χ3v) is 7.15. The van der Waals surface area contributed by atoms with Gasteiger partial charge in [0.05, 0.1) is 23.0 Å². The first kappa shape index (κ1) is 22.6. The van der Waals surface area contributed by atoms with Gasteiger partial charge in [-0.25, -0.2) is 4.98 Å². The summed E-state index contributed by atoms with van der Waals surface area (Å²) >= 11 is 1.58. The maximum absolute atomic E-state index is 13.4. The van der Waals surface area contributed by atoms with Crippen molar-refractivity contribution in [1.82, 2.24) is 4.98 Å². The van der Waals surface area contributed by atoms with E-state index >= 15 is 0 Å². The van der Waals surface area contributed by atoms with E-state index < -0.39 is 6.10 Å². The summed E-state index contributed by atoms with van der Waals surface area (Å²) in [4.78, 5) is 34.6. The maximum atomic E-state index is 13.4. The highest BCUT2D eigenvalue weighted by atomic mass is 32.1. The van der Waals surface area contributed by atoms with E-state index in [0.717, 1.165) is 41.2 Å². The van der Waals surface area contributed by atoms with Crippen LogP contribution in [0.3, 0.4) is 0 Å². The summed E-state index contributed by atoms with van der Waals surface area (Å²) in [6.45, 7) is 2.95. The maximum Gasteiger partial charge on any atom is 0.268 e. The standard InChI is InChI=1S/C26H27N3O4S/c1-17-26(31)29(15-25(30)28-12-5-7-18-6-3-4-8-21(18)28)22-14-19(9-10-23(22)33-17)20-16-34-24(27-20)11-13-32-2/h3-4,6,8-10,14,16-17H,5,7,11-13,15H2,1-2H3. The highest BCUT2D eigenvalue weighted by Gasteiger charge is 2.35. The van der Waals surface area contributed by atoms with Crippen molar-refractivity contribution in [2.45, 2.75) is 32.3 Å². The molecule has 8 heteroatoms. The van der Waals surface area contributed by atoms with Gasteiger partial charge in [0, 0.05) is 36.7 Å². The molecule has 0 radical (unpaired) electrons. The van der Waals surface area contributed by atoms with Crippen LogP contribution in [-0.4, -0.2) is 49.7 Å². The number of amides is 2. The number of anilines is 2. The zero-order valence-electron chi connectivity index (χ0n) is 19.3. The Morgan fingerprint density at radius 3 is 2.94 bits per heavy atom. The largest absolute Gasteiger partial charge is 0.479 e. The summed E-state index contributed by atoms with van der Waals surface area (Å²) in [5, 5.41) is 2.99. The van der Waals surface area contributed by atoms with Gasteiger partial charge >= 0.3 is 0 Å². The van der Waals surface area contributed by atoms with Crippen molar-refractivity contribution in [3.63, 3.8) is 0 Å². The molecule has 3 heterocycles. The van der Waals surface area contributed by atoms with E-state index in [9.17, 15) is 9.59 Å². The molecule has 1 atom stereocenters. The van der Waals surface area contributed by atoms with Crippen molar-refractivity contribution in [3.05, 3.63) is 58.4 Å². The highest BCUT2D eigenvalue weighted by Crippen LogP contribution is 2.38. The molecule has 0 saturated heterocycles. The Balaban J connectivity index is 1.43. The second-order valence-electron chi connectivity index (χ2n) is 8.51. The topological polar surface area (TPSA) is 72.0 Å². The Hall–Kier alpha value is -3.23. The van der Waals surface area contributed by atoms with Gasteiger partial charge in [-0.2, -0.15) is 0 Å². The molecule has 3 aromatic rings. The van der Waals surface area contributed by atoms with E-state index in [1.165, 1.54) is 5.56 Å². The van der Waals surface area contributed by atoms with Crippen molar-refractivity contribution < 1.29 is 19.1 Å². The van der Waals surface area contributed by atoms with E-state index in [4.69, 9.17) is 14.5 Å². The molecule has 2 aliphatic rings. The number of rotatable bonds is 6. The van der Waals surface area contributed by atoms with Gasteiger partial charge in [-0.05, 0) is 49.6 Å². The van der Waals surface area contributed by atoms with E-state index in [1.54, 1.807) is 35.2 Å². The van der Waals surface area contributed by atoms with Crippen molar-refractivity contribution in [1.29, 1.82) is 0 Å². The minimum atomic E-state index is -0.653. The second kappa shape index (κ2) is 9.56. The highest BCUT2D eigenvalue weighted by molar-refractivity contribution is 7.09. The molecule has 34 heavy (non-hydrogen) atoms. The molecule has 176 valence electrons. The van der Waals surface area contributed by atoms with Crippen LogP contribution in [0.25, 0.3) is 11.3 Å². The van der Waals surface area contributed by atoms with Crippen LogP contribution >= 0.6 is 11.3 Å². The average Bonchev–Trinajstić information content (AvgIpc) is 3.34. The molecule has 0 aliphatic carbocycles. The number of para-hydroxylation sites is 1. The normalized spacial score (nSPS) is 17.2. The third-order valence-electron chi connectivity index (χ3n) is 6.24. The second-order valence-corrected chi connectivity index (χ2v) is 9.46. The molecule has 0 saturated carbocycles. The predicted octanol–water partition coefficient (Wildman–Crippen LogP) is 4.09. The lowest BCUT2D eigenvalue weighted by Gasteiger charge is -2.35. The van der Waals surface area contributed by atoms with Crippen LogP contribution in [0.15, 0.2) is 47.8 Å². The number of methoxy groups -OCH3 is 1. The lowest BCUT2D eigenvalue weighted by molar-refractivity contribution is -0.127. The zero-order chi connectivity index (χ0) is 23.7. The summed E-state index contributed by atoms with van der Waals surface area (Å²) in [6, 6.07) is 13.7. The predicted molar refractivity (Wildman–Crippen MR) is 133 cm³/mol. The molecule has 2 amide bonds. The van der Waals surface area contributed by atoms with Crippen molar-refractivity contribution >= 4 is 34.5 Å². The van der Waals surface area contributed by atoms with Crippen molar-refractivity contribution in [2.75, 3.05) is 36.6 Å². The lowest BCUT2D eigenvalue weighted by Crippen LogP contribution is -2.50. The quantitative estimate of drug-likeness (QED) is 0.535. The number of hydrogen-bond acceptors (Lipinski definition) is 6. The molecule has 0 N–H and O–H groups in total. The van der Waals surface area contributed by atoms with Crippen LogP contribution in [0.4, 0.5) is 11.4 Å². The Bertz CT molecular complexity index is 1220. The zero-order valence-corrected chi connectivity index (χ0v) is 20.1. The van der Waals surface area contributed by atoms with Gasteiger partial charge < -0.3 is 14.4 Å². The number of thiazole rings is 1. The molecule has 2 aromatic carbocycles. The number of ether oxygens (including phenoxy) is 2. The Kier molecular flexibility index (Phi) is 6.34. The lowest BCUT2D eigenvalue weighted by atomic mass is 10.0. The molecule has 0 spiro atoms. The van der Waals surface area contributed by atoms with Crippen LogP contribution in [-0.2, 0) is 27.2 Å². The van der Waals surface area contributed by atoms with Crippen LogP contribution in [0.5, 0.6) is 5.75 Å². The van der Waals surface area contributed by atoms with Crippen LogP contribution in [0.1, 0.15) is 23.9 Å². The number of carbonyl (C=O) groups excluding carboxylic acids is 2. The Morgan fingerprint density at radius 2 is 2.09 bits per heavy atom. The molecule has 5 rings (SSSR count). The van der Waals surface area contributed by atoms with Crippen molar-refractivity contribution in [2.24, 2.45) is 0 Å². The van der Waals surface area contributed by atoms with Gasteiger partial charge in [-0.1, -0.05) is 18.2 Å². The molecule has 0 bridgehead atoms. The minimum Gasteiger partial charge on any atom is -0.479 e. The monoisotopic (exact) mass is 477 g/mol. The SMILES string of the molecule is COCCc1nc(-c2ccc3c(c2)N(CC(=O)N2CCCc4ccccc42)C(=O)C(C)O3)cs1. The molecular weight excluding hydrogens is 450 g/mol. The van der Waals surface area contributed by atoms with Gasteiger partial charge in [0.15, 0.2) is 6.10 Å². The Labute approximate surface area is 202 Å². The summed E-state index contributed by atoms with van der Waals surface area (Å²) in [5.74, 6) is 0.279. The first-order valence-electron chi connectivity index (χ1n) is 11.5. The van der Waals surface area contributed by atoms with Gasteiger partial charge in [-0.15, -0.1) is 11.3 Å². The first-order chi connectivity index (χ1) is 16.5.